The van der Waals surface area contributed by atoms with Gasteiger partial charge in [-0.15, -0.1) is 0 Å². The molecule has 3 aromatic rings. The number of nitrogens with zero attached hydrogens (tertiary/aromatic N) is 5. The summed E-state index contributed by atoms with van der Waals surface area (Å²) in [5.41, 5.74) is -0.710. The largest absolute Gasteiger partial charge is 0.338 e. The van der Waals surface area contributed by atoms with Gasteiger partial charge in [0, 0.05) is 12.1 Å². The van der Waals surface area contributed by atoms with Crippen molar-refractivity contribution >= 4 is 24.4 Å². The van der Waals surface area contributed by atoms with Crippen LogP contribution in [0.25, 0.3) is 10.9 Å². The molecule has 1 aliphatic rings. The minimum absolute atomic E-state index is 0.137. The molecule has 0 radical (unpaired) electrons. The van der Waals surface area contributed by atoms with Crippen molar-refractivity contribution in [3.05, 3.63) is 81.0 Å². The van der Waals surface area contributed by atoms with Crippen molar-refractivity contribution in [1.29, 1.82) is 0 Å². The van der Waals surface area contributed by atoms with Gasteiger partial charge in [-0.2, -0.15) is 9.68 Å². The highest BCUT2D eigenvalue weighted by Gasteiger charge is 2.26. The number of carbonyl (C=O) groups is 1. The molecular formula is C25H30N5O6P. The Balaban J connectivity index is 1.53. The number of hydrogen-bond donors (Lipinski definition) is 0. The fourth-order valence-electron chi connectivity index (χ4n) is 4.30. The fraction of sp³-hybridized carbons (Fsp3) is 0.400. The summed E-state index contributed by atoms with van der Waals surface area (Å²) in [4.78, 5) is 39.7. The van der Waals surface area contributed by atoms with Gasteiger partial charge >= 0.3 is 13.3 Å². The second kappa shape index (κ2) is 11.8. The number of para-hydroxylation sites is 1. The Labute approximate surface area is 213 Å². The molecule has 0 amide bonds. The van der Waals surface area contributed by atoms with Gasteiger partial charge in [-0.1, -0.05) is 35.6 Å². The van der Waals surface area contributed by atoms with Crippen LogP contribution >= 0.6 is 7.60 Å². The van der Waals surface area contributed by atoms with Crippen molar-refractivity contribution in [2.24, 2.45) is 10.3 Å². The lowest BCUT2D eigenvalue weighted by atomic mass is 10.2. The van der Waals surface area contributed by atoms with Gasteiger partial charge in [-0.05, 0) is 44.5 Å². The predicted molar refractivity (Wildman–Crippen MR) is 139 cm³/mol. The van der Waals surface area contributed by atoms with Crippen LogP contribution in [0.15, 0.2) is 74.5 Å². The van der Waals surface area contributed by atoms with Crippen LogP contribution < -0.4 is 11.2 Å². The molecule has 0 N–H and O–H groups in total. The molecule has 0 bridgehead atoms. The molecule has 2 aromatic carbocycles. The van der Waals surface area contributed by atoms with Crippen LogP contribution in [0.2, 0.25) is 0 Å². The molecule has 12 heteroatoms. The lowest BCUT2D eigenvalue weighted by molar-refractivity contribution is 0.0949. The van der Waals surface area contributed by atoms with Crippen LogP contribution in [-0.4, -0.2) is 58.6 Å². The highest BCUT2D eigenvalue weighted by Crippen LogP contribution is 2.48. The maximum atomic E-state index is 13.5. The van der Waals surface area contributed by atoms with Crippen molar-refractivity contribution < 1.29 is 18.4 Å². The van der Waals surface area contributed by atoms with Gasteiger partial charge < -0.3 is 9.05 Å². The summed E-state index contributed by atoms with van der Waals surface area (Å²) in [6.45, 7) is 5.21. The molecule has 0 spiro atoms. The van der Waals surface area contributed by atoms with E-state index in [9.17, 15) is 18.9 Å². The van der Waals surface area contributed by atoms with E-state index in [0.717, 1.165) is 0 Å². The first kappa shape index (κ1) is 26.7. The van der Waals surface area contributed by atoms with Crippen molar-refractivity contribution in [3.8, 4) is 0 Å². The lowest BCUT2D eigenvalue weighted by Gasteiger charge is -2.19. The maximum Gasteiger partial charge on any atom is 0.338 e. The number of aromatic nitrogens is 2. The van der Waals surface area contributed by atoms with E-state index in [4.69, 9.17) is 9.05 Å². The van der Waals surface area contributed by atoms with Gasteiger partial charge in [0.05, 0.1) is 43.4 Å². The van der Waals surface area contributed by atoms with E-state index in [1.54, 1.807) is 73.5 Å². The second-order valence-electron chi connectivity index (χ2n) is 8.52. The van der Waals surface area contributed by atoms with Crippen LogP contribution in [0.1, 0.15) is 30.6 Å². The predicted octanol–water partition coefficient (Wildman–Crippen LogP) is 3.56. The monoisotopic (exact) mass is 527 g/mol. The van der Waals surface area contributed by atoms with E-state index in [1.807, 2.05) is 0 Å². The first-order valence-electron chi connectivity index (χ1n) is 12.2. The third-order valence-corrected chi connectivity index (χ3v) is 8.10. The smallest absolute Gasteiger partial charge is 0.309 e. The van der Waals surface area contributed by atoms with E-state index in [-0.39, 0.29) is 29.7 Å². The summed E-state index contributed by atoms with van der Waals surface area (Å²) in [7, 11) is -3.13. The first-order valence-corrected chi connectivity index (χ1v) is 14.0. The minimum Gasteiger partial charge on any atom is -0.309 e. The molecule has 1 aliphatic heterocycles. The molecule has 0 saturated carbocycles. The molecule has 37 heavy (non-hydrogen) atoms. The standard InChI is InChI=1S/C25H30N5O6P/c1-3-35-37(34,36-4-2)16-10-15-28-17-20(26-27-28)18-29-22-14-9-8-13-21(22)24(32)30(25(29)33)23(31)19-11-6-5-7-12-19/h5-9,11-14,20H,3-4,10,15-18H2,1-2H3. The average molecular weight is 528 g/mol. The molecule has 4 rings (SSSR count). The molecule has 0 saturated heterocycles. The quantitative estimate of drug-likeness (QED) is 0.349. The van der Waals surface area contributed by atoms with Gasteiger partial charge in [0.2, 0.25) is 0 Å². The first-order chi connectivity index (χ1) is 17.9. The van der Waals surface area contributed by atoms with Crippen LogP contribution in [0.5, 0.6) is 0 Å². The summed E-state index contributed by atoms with van der Waals surface area (Å²) in [6.07, 6.45) is 0.796. The van der Waals surface area contributed by atoms with E-state index < -0.39 is 24.8 Å². The molecular weight excluding hydrogens is 497 g/mol. The van der Waals surface area contributed by atoms with Crippen molar-refractivity contribution in [3.63, 3.8) is 0 Å². The molecule has 2 heterocycles. The Kier molecular flexibility index (Phi) is 8.48. The number of rotatable bonds is 11. The third kappa shape index (κ3) is 5.95. The zero-order valence-corrected chi connectivity index (χ0v) is 21.8. The van der Waals surface area contributed by atoms with E-state index >= 15 is 0 Å². The Morgan fingerprint density at radius 2 is 1.70 bits per heavy atom. The van der Waals surface area contributed by atoms with Gasteiger partial charge in [0.15, 0.2) is 0 Å². The molecule has 11 nitrogen and oxygen atoms in total. The van der Waals surface area contributed by atoms with Crippen molar-refractivity contribution in [2.45, 2.75) is 32.9 Å². The average Bonchev–Trinajstić information content (AvgIpc) is 3.34. The van der Waals surface area contributed by atoms with Crippen LogP contribution in [0.4, 0.5) is 0 Å². The van der Waals surface area contributed by atoms with Crippen LogP contribution in [0, 0.1) is 0 Å². The minimum atomic E-state index is -3.13. The molecule has 1 unspecified atom stereocenters. The Morgan fingerprint density at radius 1 is 1.03 bits per heavy atom. The van der Waals surface area contributed by atoms with Crippen LogP contribution in [0.3, 0.4) is 0 Å². The Morgan fingerprint density at radius 3 is 2.41 bits per heavy atom. The number of hydrogen-bond acceptors (Lipinski definition) is 9. The fourth-order valence-corrected chi connectivity index (χ4v) is 5.94. The number of carbonyl (C=O) groups excluding carboxylic acids is 1. The molecule has 0 fully saturated rings. The molecule has 1 aromatic heterocycles. The summed E-state index contributed by atoms with van der Waals surface area (Å²) >= 11 is 0. The van der Waals surface area contributed by atoms with Gasteiger partial charge in [-0.3, -0.25) is 23.7 Å². The summed E-state index contributed by atoms with van der Waals surface area (Å²) in [6, 6.07) is 14.6. The maximum absolute atomic E-state index is 13.5. The van der Waals surface area contributed by atoms with Gasteiger partial charge in [0.25, 0.3) is 11.5 Å². The summed E-state index contributed by atoms with van der Waals surface area (Å²) in [5.74, 6) is -0.683. The third-order valence-electron chi connectivity index (χ3n) is 5.93. The number of fused-ring (bicyclic) bond motifs is 1. The summed E-state index contributed by atoms with van der Waals surface area (Å²) in [5, 5.41) is 10.5. The highest BCUT2D eigenvalue weighted by molar-refractivity contribution is 7.53. The zero-order valence-electron chi connectivity index (χ0n) is 20.9. The Hall–Kier alpha value is -3.40. The van der Waals surface area contributed by atoms with E-state index in [0.29, 0.717) is 42.8 Å². The topological polar surface area (TPSA) is 125 Å². The molecule has 1 atom stereocenters. The zero-order chi connectivity index (χ0) is 26.4. The van der Waals surface area contributed by atoms with Crippen molar-refractivity contribution in [2.75, 3.05) is 32.5 Å². The van der Waals surface area contributed by atoms with E-state index in [2.05, 4.69) is 10.3 Å². The SMILES string of the molecule is CCOP(=O)(CCCN1CC(Cn2c(=O)n(C(=O)c3ccccc3)c(=O)c3ccccc32)N=N1)OCC. The van der Waals surface area contributed by atoms with Gasteiger partial charge in [0.1, 0.15) is 6.04 Å². The highest BCUT2D eigenvalue weighted by atomic mass is 31.2. The lowest BCUT2D eigenvalue weighted by Crippen LogP contribution is -2.45. The molecule has 0 aliphatic carbocycles. The second-order valence-corrected chi connectivity index (χ2v) is 10.7. The van der Waals surface area contributed by atoms with Crippen molar-refractivity contribution in [1.82, 2.24) is 14.1 Å². The molecule has 196 valence electrons. The number of benzene rings is 2. The Bertz CT molecular complexity index is 1440. The summed E-state index contributed by atoms with van der Waals surface area (Å²) < 4.78 is 25.4. The van der Waals surface area contributed by atoms with Crippen LogP contribution in [-0.2, 0) is 20.2 Å². The normalized spacial score (nSPS) is 15.5. The van der Waals surface area contributed by atoms with E-state index in [1.165, 1.54) is 4.57 Å². The van der Waals surface area contributed by atoms with Gasteiger partial charge in [-0.25, -0.2) is 4.79 Å².